The van der Waals surface area contributed by atoms with Gasteiger partial charge in [-0.1, -0.05) is 40.5 Å². The highest BCUT2D eigenvalue weighted by atomic mass is 19.1. The molecule has 0 amide bonds. The summed E-state index contributed by atoms with van der Waals surface area (Å²) in [7, 11) is 0. The largest absolute Gasteiger partial charge is 0.328 e. The Balaban J connectivity index is 4.24. The molecule has 0 aromatic carbocycles. The van der Waals surface area contributed by atoms with Gasteiger partial charge in [0.15, 0.2) is 0 Å². The van der Waals surface area contributed by atoms with Crippen LogP contribution in [0.3, 0.4) is 0 Å². The molecule has 0 aromatic rings. The fraction of sp³-hybridized carbons (Fsp3) is 1.00. The zero-order chi connectivity index (χ0) is 10.5. The molecule has 0 saturated heterocycles. The van der Waals surface area contributed by atoms with Crippen molar-refractivity contribution in [3.8, 4) is 0 Å². The predicted octanol–water partition coefficient (Wildman–Crippen LogP) is 3.14. The van der Waals surface area contributed by atoms with Gasteiger partial charge in [0.1, 0.15) is 5.67 Å². The zero-order valence-electron chi connectivity index (χ0n) is 9.44. The maximum atomic E-state index is 14.1. The van der Waals surface area contributed by atoms with Crippen LogP contribution in [0.2, 0.25) is 0 Å². The molecule has 2 heteroatoms. The van der Waals surface area contributed by atoms with Gasteiger partial charge in [-0.15, -0.1) is 0 Å². The molecular weight excluding hydrogens is 165 g/mol. The molecule has 1 unspecified atom stereocenters. The summed E-state index contributed by atoms with van der Waals surface area (Å²) in [5.41, 5.74) is 4.33. The summed E-state index contributed by atoms with van der Waals surface area (Å²) >= 11 is 0. The lowest BCUT2D eigenvalue weighted by Crippen LogP contribution is -2.40. The second-order valence-electron chi connectivity index (χ2n) is 4.28. The number of alkyl halides is 1. The van der Waals surface area contributed by atoms with Gasteiger partial charge in [-0.3, -0.25) is 0 Å². The van der Waals surface area contributed by atoms with Crippen LogP contribution in [0.25, 0.3) is 0 Å². The van der Waals surface area contributed by atoms with Gasteiger partial charge in [0, 0.05) is 6.54 Å². The van der Waals surface area contributed by atoms with E-state index in [0.717, 1.165) is 12.8 Å². The molecule has 0 aliphatic heterocycles. The van der Waals surface area contributed by atoms with E-state index < -0.39 is 5.67 Å². The fourth-order valence-corrected chi connectivity index (χ4v) is 1.61. The summed E-state index contributed by atoms with van der Waals surface area (Å²) in [6.07, 6.45) is 2.72. The first kappa shape index (κ1) is 12.9. The Labute approximate surface area is 81.9 Å². The molecule has 0 saturated carbocycles. The minimum atomic E-state index is -1.16. The van der Waals surface area contributed by atoms with Gasteiger partial charge >= 0.3 is 0 Å². The molecule has 0 radical (unpaired) electrons. The van der Waals surface area contributed by atoms with Gasteiger partial charge in [0.2, 0.25) is 0 Å². The highest BCUT2D eigenvalue weighted by Gasteiger charge is 2.33. The number of rotatable bonds is 6. The van der Waals surface area contributed by atoms with Crippen LogP contribution in [0.5, 0.6) is 0 Å². The molecular formula is C11H24FN. The predicted molar refractivity (Wildman–Crippen MR) is 56.4 cm³/mol. The van der Waals surface area contributed by atoms with Crippen LogP contribution in [0, 0.1) is 11.8 Å². The molecule has 0 rings (SSSR count). The van der Waals surface area contributed by atoms with E-state index in [2.05, 4.69) is 13.8 Å². The van der Waals surface area contributed by atoms with E-state index in [9.17, 15) is 4.39 Å². The van der Waals surface area contributed by atoms with Crippen molar-refractivity contribution >= 4 is 0 Å². The summed E-state index contributed by atoms with van der Waals surface area (Å²) in [5.74, 6) is 0.508. The Hall–Kier alpha value is -0.110. The second-order valence-corrected chi connectivity index (χ2v) is 4.28. The maximum absolute atomic E-state index is 14.1. The van der Waals surface area contributed by atoms with Gasteiger partial charge in [-0.2, -0.15) is 0 Å². The lowest BCUT2D eigenvalue weighted by molar-refractivity contribution is 0.0752. The molecule has 0 aliphatic carbocycles. The second kappa shape index (κ2) is 5.58. The average Bonchev–Trinajstić information content (AvgIpc) is 2.13. The van der Waals surface area contributed by atoms with Crippen molar-refractivity contribution in [2.75, 3.05) is 6.54 Å². The summed E-state index contributed by atoms with van der Waals surface area (Å²) in [4.78, 5) is 0. The first-order valence-corrected chi connectivity index (χ1v) is 5.39. The van der Waals surface area contributed by atoms with Gasteiger partial charge < -0.3 is 5.73 Å². The molecule has 0 aromatic heterocycles. The van der Waals surface area contributed by atoms with E-state index in [4.69, 9.17) is 5.73 Å². The third kappa shape index (κ3) is 3.63. The monoisotopic (exact) mass is 189 g/mol. The standard InChI is InChI=1S/C11H24FN/c1-5-10(6-2)7-11(12,8-13)9(3)4/h9-10H,5-8,13H2,1-4H3. The summed E-state index contributed by atoms with van der Waals surface area (Å²) in [6, 6.07) is 0. The van der Waals surface area contributed by atoms with Crippen LogP contribution in [-0.4, -0.2) is 12.2 Å². The van der Waals surface area contributed by atoms with Crippen molar-refractivity contribution in [1.82, 2.24) is 0 Å². The van der Waals surface area contributed by atoms with Gasteiger partial charge in [-0.05, 0) is 18.3 Å². The highest BCUT2D eigenvalue weighted by molar-refractivity contribution is 4.85. The summed E-state index contributed by atoms with van der Waals surface area (Å²) < 4.78 is 14.1. The van der Waals surface area contributed by atoms with Crippen LogP contribution in [0.15, 0.2) is 0 Å². The lowest BCUT2D eigenvalue weighted by atomic mass is 9.81. The van der Waals surface area contributed by atoms with Crippen LogP contribution in [0.1, 0.15) is 47.0 Å². The molecule has 1 atom stereocenters. The van der Waals surface area contributed by atoms with Crippen LogP contribution >= 0.6 is 0 Å². The Morgan fingerprint density at radius 1 is 1.23 bits per heavy atom. The van der Waals surface area contributed by atoms with Crippen molar-refractivity contribution in [3.63, 3.8) is 0 Å². The third-order valence-corrected chi connectivity index (χ3v) is 3.16. The molecule has 0 bridgehead atoms. The highest BCUT2D eigenvalue weighted by Crippen LogP contribution is 2.31. The third-order valence-electron chi connectivity index (χ3n) is 3.16. The zero-order valence-corrected chi connectivity index (χ0v) is 9.44. The Morgan fingerprint density at radius 3 is 1.92 bits per heavy atom. The van der Waals surface area contributed by atoms with Crippen LogP contribution in [0.4, 0.5) is 4.39 Å². The molecule has 1 nitrogen and oxygen atoms in total. The first-order chi connectivity index (χ1) is 6.00. The smallest absolute Gasteiger partial charge is 0.125 e. The van der Waals surface area contributed by atoms with Crippen LogP contribution < -0.4 is 5.73 Å². The normalized spacial score (nSPS) is 16.6. The number of hydrogen-bond donors (Lipinski definition) is 1. The van der Waals surface area contributed by atoms with Crippen LogP contribution in [-0.2, 0) is 0 Å². The van der Waals surface area contributed by atoms with E-state index in [1.54, 1.807) is 0 Å². The van der Waals surface area contributed by atoms with E-state index in [1.807, 2.05) is 13.8 Å². The van der Waals surface area contributed by atoms with Gasteiger partial charge in [0.05, 0.1) is 0 Å². The van der Waals surface area contributed by atoms with Gasteiger partial charge in [-0.25, -0.2) is 4.39 Å². The van der Waals surface area contributed by atoms with Gasteiger partial charge in [0.25, 0.3) is 0 Å². The van der Waals surface area contributed by atoms with E-state index in [0.29, 0.717) is 12.3 Å². The number of hydrogen-bond acceptors (Lipinski definition) is 1. The maximum Gasteiger partial charge on any atom is 0.125 e. The van der Waals surface area contributed by atoms with Crippen molar-refractivity contribution in [2.45, 2.75) is 52.6 Å². The van der Waals surface area contributed by atoms with Crippen molar-refractivity contribution in [3.05, 3.63) is 0 Å². The lowest BCUT2D eigenvalue weighted by Gasteiger charge is -2.31. The molecule has 80 valence electrons. The summed E-state index contributed by atoms with van der Waals surface area (Å²) in [5, 5.41) is 0. The first-order valence-electron chi connectivity index (χ1n) is 5.39. The molecule has 0 heterocycles. The Kier molecular flexibility index (Phi) is 5.54. The number of nitrogens with two attached hydrogens (primary N) is 1. The van der Waals surface area contributed by atoms with E-state index in [-0.39, 0.29) is 12.5 Å². The van der Waals surface area contributed by atoms with E-state index in [1.165, 1.54) is 0 Å². The van der Waals surface area contributed by atoms with Crippen molar-refractivity contribution < 1.29 is 4.39 Å². The average molecular weight is 189 g/mol. The summed E-state index contributed by atoms with van der Waals surface area (Å²) in [6.45, 7) is 8.21. The van der Waals surface area contributed by atoms with Crippen molar-refractivity contribution in [2.24, 2.45) is 17.6 Å². The minimum absolute atomic E-state index is 0.0260. The SMILES string of the molecule is CCC(CC)CC(F)(CN)C(C)C. The van der Waals surface area contributed by atoms with E-state index >= 15 is 0 Å². The number of halogens is 1. The molecule has 0 spiro atoms. The molecule has 13 heavy (non-hydrogen) atoms. The fourth-order valence-electron chi connectivity index (χ4n) is 1.61. The Bertz CT molecular complexity index is 132. The Morgan fingerprint density at radius 2 is 1.69 bits per heavy atom. The molecule has 2 N–H and O–H groups in total. The van der Waals surface area contributed by atoms with Crippen molar-refractivity contribution in [1.29, 1.82) is 0 Å². The quantitative estimate of drug-likeness (QED) is 0.682. The minimum Gasteiger partial charge on any atom is -0.328 e. The molecule has 0 aliphatic rings. The molecule has 0 fully saturated rings. The topological polar surface area (TPSA) is 26.0 Å².